The van der Waals surface area contributed by atoms with Crippen molar-refractivity contribution in [3.05, 3.63) is 113 Å². The Hall–Kier alpha value is -3.41. The fraction of sp³-hybridized carbons (Fsp3) is 0.400. The molecule has 8 rings (SSSR count). The van der Waals surface area contributed by atoms with E-state index >= 15 is 0 Å². The average molecular weight is 533 g/mol. The van der Waals surface area contributed by atoms with Gasteiger partial charge in [-0.15, -0.1) is 0 Å². The highest BCUT2D eigenvalue weighted by molar-refractivity contribution is 5.96. The Morgan fingerprint density at radius 2 is 1.80 bits per heavy atom. The van der Waals surface area contributed by atoms with E-state index in [0.29, 0.717) is 11.3 Å². The molecule has 0 spiro atoms. The van der Waals surface area contributed by atoms with Crippen molar-refractivity contribution in [2.45, 2.75) is 67.7 Å². The lowest BCUT2D eigenvalue weighted by molar-refractivity contribution is -0.165. The Morgan fingerprint density at radius 3 is 2.60 bits per heavy atom. The van der Waals surface area contributed by atoms with Gasteiger partial charge in [0.05, 0.1) is 5.60 Å². The molecule has 1 saturated carbocycles. The second-order valence-corrected chi connectivity index (χ2v) is 12.5. The van der Waals surface area contributed by atoms with Gasteiger partial charge in [0.2, 0.25) is 0 Å². The topological polar surface area (TPSA) is 53.0 Å². The van der Waals surface area contributed by atoms with E-state index < -0.39 is 0 Å². The molecule has 40 heavy (non-hydrogen) atoms. The van der Waals surface area contributed by atoms with Gasteiger partial charge in [0, 0.05) is 34.7 Å². The van der Waals surface area contributed by atoms with E-state index in [1.807, 2.05) is 47.4 Å². The van der Waals surface area contributed by atoms with Gasteiger partial charge in [-0.3, -0.25) is 9.69 Å². The van der Waals surface area contributed by atoms with Crippen LogP contribution in [0.3, 0.4) is 0 Å². The number of ether oxygens (including phenoxy) is 1. The number of fused-ring (bicyclic) bond motifs is 1. The van der Waals surface area contributed by atoms with E-state index in [4.69, 9.17) is 4.74 Å². The number of nitrogens with zero attached hydrogens (tertiary/aromatic N) is 2. The Balaban J connectivity index is 1.18. The van der Waals surface area contributed by atoms with Crippen molar-refractivity contribution in [2.24, 2.45) is 5.92 Å². The summed E-state index contributed by atoms with van der Waals surface area (Å²) in [5, 5.41) is 10.7. The third-order valence-electron chi connectivity index (χ3n) is 10.9. The number of phenolic OH excluding ortho intramolecular Hbond substituents is 1. The van der Waals surface area contributed by atoms with Crippen molar-refractivity contribution >= 4 is 5.91 Å². The number of carbonyl (C=O) groups is 1. The summed E-state index contributed by atoms with van der Waals surface area (Å²) in [6, 6.07) is 26.7. The number of rotatable bonds is 5. The van der Waals surface area contributed by atoms with E-state index in [-0.39, 0.29) is 41.0 Å². The van der Waals surface area contributed by atoms with Crippen molar-refractivity contribution in [1.29, 1.82) is 0 Å². The van der Waals surface area contributed by atoms with Crippen molar-refractivity contribution in [3.8, 4) is 5.75 Å². The summed E-state index contributed by atoms with van der Waals surface area (Å²) < 4.78 is 7.33. The molecule has 5 aliphatic rings. The minimum Gasteiger partial charge on any atom is -0.508 e. The first-order valence-corrected chi connectivity index (χ1v) is 14.9. The zero-order valence-electron chi connectivity index (χ0n) is 22.8. The van der Waals surface area contributed by atoms with Gasteiger partial charge in [0.15, 0.2) is 0 Å². The predicted octanol–water partition coefficient (Wildman–Crippen LogP) is 5.48. The van der Waals surface area contributed by atoms with Gasteiger partial charge in [0.1, 0.15) is 11.9 Å². The van der Waals surface area contributed by atoms with Crippen LogP contribution in [0, 0.1) is 5.92 Å². The number of amides is 1. The van der Waals surface area contributed by atoms with Crippen molar-refractivity contribution in [2.75, 3.05) is 13.1 Å². The highest BCUT2D eigenvalue weighted by Crippen LogP contribution is 2.71. The van der Waals surface area contributed by atoms with Crippen LogP contribution in [0.1, 0.15) is 52.7 Å². The first kappa shape index (κ1) is 24.4. The number of hydrogen-bond acceptors (Lipinski definition) is 4. The summed E-state index contributed by atoms with van der Waals surface area (Å²) in [6.45, 7) is 6.56. The fourth-order valence-corrected chi connectivity index (χ4v) is 9.51. The standard InChI is InChI=1S/C35H36N2O3/c1-23-32-31-29(37(23)33(39)25-12-6-3-7-13-25)16-17-35(40-32)30-21-26-14-15-27(38)22-28(26)34(31,35)18-20-36(30)19-8-11-24-9-4-2-5-10-24/h2-7,9-10,12-15,22,29-32,38H,1,8,11,16-21H2/t29?,30?,31?,32-,34?,35?/m1/s1. The van der Waals surface area contributed by atoms with E-state index in [0.717, 1.165) is 57.3 Å². The summed E-state index contributed by atoms with van der Waals surface area (Å²) in [4.78, 5) is 18.5. The summed E-state index contributed by atoms with van der Waals surface area (Å²) in [7, 11) is 0. The van der Waals surface area contributed by atoms with E-state index in [2.05, 4.69) is 47.9 Å². The molecule has 3 heterocycles. The average Bonchev–Trinajstić information content (AvgIpc) is 3.38. The van der Waals surface area contributed by atoms with Crippen molar-refractivity contribution < 1.29 is 14.6 Å². The number of phenols is 1. The number of likely N-dealkylation sites (tertiary alicyclic amines) is 2. The molecular formula is C35H36N2O3. The second-order valence-electron chi connectivity index (χ2n) is 12.5. The van der Waals surface area contributed by atoms with E-state index in [9.17, 15) is 9.90 Å². The number of benzene rings is 3. The molecule has 5 heteroatoms. The quantitative estimate of drug-likeness (QED) is 0.473. The van der Waals surface area contributed by atoms with Crippen molar-refractivity contribution in [3.63, 3.8) is 0 Å². The first-order chi connectivity index (χ1) is 19.5. The summed E-state index contributed by atoms with van der Waals surface area (Å²) in [5.41, 5.74) is 4.93. The molecule has 5 unspecified atom stereocenters. The molecule has 3 aliphatic heterocycles. The van der Waals surface area contributed by atoms with Gasteiger partial charge < -0.3 is 14.7 Å². The Kier molecular flexibility index (Phi) is 5.36. The minimum atomic E-state index is -0.324. The maximum atomic E-state index is 13.9. The lowest BCUT2D eigenvalue weighted by atomic mass is 9.46. The first-order valence-electron chi connectivity index (χ1n) is 14.9. The smallest absolute Gasteiger partial charge is 0.258 e. The van der Waals surface area contributed by atoms with Gasteiger partial charge >= 0.3 is 0 Å². The van der Waals surface area contributed by atoms with Crippen LogP contribution in [0.4, 0.5) is 0 Å². The van der Waals surface area contributed by atoms with Gasteiger partial charge in [0.25, 0.3) is 5.91 Å². The molecule has 0 aromatic heterocycles. The molecule has 4 bridgehead atoms. The normalized spacial score (nSPS) is 33.5. The minimum absolute atomic E-state index is 0.0272. The largest absolute Gasteiger partial charge is 0.508 e. The SMILES string of the molecule is C=C1[C@H]2OC34CCC(C2C32CCN(CCCc3ccccc3)C4Cc3ccc(O)cc32)N1C(=O)c1ccccc1. The molecule has 3 saturated heterocycles. The molecule has 6 atom stereocenters. The highest BCUT2D eigenvalue weighted by Gasteiger charge is 2.78. The summed E-state index contributed by atoms with van der Waals surface area (Å²) in [5.74, 6) is 0.496. The van der Waals surface area contributed by atoms with Crippen LogP contribution in [0.5, 0.6) is 5.75 Å². The number of aryl methyl sites for hydroxylation is 1. The van der Waals surface area contributed by atoms with E-state index in [1.165, 1.54) is 16.7 Å². The van der Waals surface area contributed by atoms with Crippen LogP contribution in [-0.4, -0.2) is 57.7 Å². The van der Waals surface area contributed by atoms with Crippen LogP contribution in [-0.2, 0) is 23.0 Å². The van der Waals surface area contributed by atoms with Gasteiger partial charge in [-0.25, -0.2) is 0 Å². The number of carbonyl (C=O) groups excluding carboxylic acids is 1. The molecule has 4 fully saturated rings. The number of piperidine rings is 1. The predicted molar refractivity (Wildman–Crippen MR) is 154 cm³/mol. The zero-order valence-corrected chi connectivity index (χ0v) is 22.8. The third kappa shape index (κ3) is 3.13. The van der Waals surface area contributed by atoms with Crippen LogP contribution in [0.15, 0.2) is 91.1 Å². The van der Waals surface area contributed by atoms with Crippen molar-refractivity contribution in [1.82, 2.24) is 9.80 Å². The van der Waals surface area contributed by atoms with Gasteiger partial charge in [-0.1, -0.05) is 61.2 Å². The molecule has 3 aromatic carbocycles. The maximum absolute atomic E-state index is 13.9. The van der Waals surface area contributed by atoms with Crippen LogP contribution in [0.25, 0.3) is 0 Å². The van der Waals surface area contributed by atoms with Crippen LogP contribution >= 0.6 is 0 Å². The third-order valence-corrected chi connectivity index (χ3v) is 10.9. The molecule has 5 nitrogen and oxygen atoms in total. The molecule has 204 valence electrons. The molecule has 2 aliphatic carbocycles. The van der Waals surface area contributed by atoms with Crippen LogP contribution < -0.4 is 0 Å². The van der Waals surface area contributed by atoms with E-state index in [1.54, 1.807) is 0 Å². The van der Waals surface area contributed by atoms with Gasteiger partial charge in [-0.05, 0) is 92.6 Å². The molecule has 1 amide bonds. The molecule has 3 aromatic rings. The molecule has 0 radical (unpaired) electrons. The summed E-state index contributed by atoms with van der Waals surface area (Å²) in [6.07, 6.45) is 5.77. The Morgan fingerprint density at radius 1 is 1.02 bits per heavy atom. The number of hydrogen-bond donors (Lipinski definition) is 1. The van der Waals surface area contributed by atoms with Crippen LogP contribution in [0.2, 0.25) is 0 Å². The van der Waals surface area contributed by atoms with Gasteiger partial charge in [-0.2, -0.15) is 0 Å². The second kappa shape index (κ2) is 8.79. The Labute approximate surface area is 236 Å². The summed E-state index contributed by atoms with van der Waals surface area (Å²) >= 11 is 0. The monoisotopic (exact) mass is 532 g/mol. The number of aromatic hydroxyl groups is 1. The Bertz CT molecular complexity index is 1490. The highest BCUT2D eigenvalue weighted by atomic mass is 16.5. The molecule has 1 N–H and O–H groups in total. The lowest BCUT2D eigenvalue weighted by Crippen LogP contribution is -2.74. The molecular weight excluding hydrogens is 496 g/mol. The fourth-order valence-electron chi connectivity index (χ4n) is 9.51. The maximum Gasteiger partial charge on any atom is 0.258 e. The zero-order chi connectivity index (χ0) is 27.1. The lowest BCUT2D eigenvalue weighted by Gasteiger charge is -2.64.